The third-order valence-electron chi connectivity index (χ3n) is 4.61. The fraction of sp³-hybridized carbons (Fsp3) is 0.529. The third-order valence-corrected chi connectivity index (χ3v) is 6.51. The molecule has 0 bridgehead atoms. The van der Waals surface area contributed by atoms with Gasteiger partial charge in [-0.1, -0.05) is 0 Å². The molecule has 1 aromatic rings. The van der Waals surface area contributed by atoms with Crippen LogP contribution in [-0.4, -0.2) is 62.6 Å². The number of aliphatic carboxylic acids is 1. The number of amides is 1. The number of carboxylic acid groups (broad SMARTS) is 1. The predicted molar refractivity (Wildman–Crippen MR) is 94.2 cm³/mol. The first-order valence-corrected chi connectivity index (χ1v) is 10.2. The van der Waals surface area contributed by atoms with Crippen LogP contribution >= 0.6 is 0 Å². The Balaban J connectivity index is 1.60. The number of sulfonamides is 1. The maximum atomic E-state index is 12.9. The van der Waals surface area contributed by atoms with Gasteiger partial charge < -0.3 is 19.9 Å². The highest BCUT2D eigenvalue weighted by molar-refractivity contribution is 7.89. The molecule has 0 unspecified atom stereocenters. The number of hydrogen-bond donors (Lipinski definition) is 2. The molecule has 10 heteroatoms. The largest absolute Gasteiger partial charge is 0.486 e. The zero-order valence-corrected chi connectivity index (χ0v) is 15.5. The van der Waals surface area contributed by atoms with Gasteiger partial charge in [-0.2, -0.15) is 4.31 Å². The summed E-state index contributed by atoms with van der Waals surface area (Å²) in [6, 6.07) is 4.55. The molecule has 1 saturated heterocycles. The maximum Gasteiger partial charge on any atom is 0.305 e. The van der Waals surface area contributed by atoms with Crippen LogP contribution in [0.1, 0.15) is 19.3 Å². The van der Waals surface area contributed by atoms with Crippen molar-refractivity contribution in [2.45, 2.75) is 24.2 Å². The van der Waals surface area contributed by atoms with E-state index in [1.165, 1.54) is 16.4 Å². The Bertz CT molecular complexity index is 817. The van der Waals surface area contributed by atoms with Crippen LogP contribution in [0.25, 0.3) is 0 Å². The molecule has 2 aliphatic heterocycles. The van der Waals surface area contributed by atoms with Crippen molar-refractivity contribution in [2.75, 3.05) is 32.8 Å². The van der Waals surface area contributed by atoms with E-state index < -0.39 is 16.0 Å². The lowest BCUT2D eigenvalue weighted by Crippen LogP contribution is -2.43. The molecule has 2 N–H and O–H groups in total. The first-order valence-electron chi connectivity index (χ1n) is 8.77. The molecule has 148 valence electrons. The molecule has 0 aromatic heterocycles. The summed E-state index contributed by atoms with van der Waals surface area (Å²) in [5.41, 5.74) is 0. The summed E-state index contributed by atoms with van der Waals surface area (Å²) in [5, 5.41) is 11.2. The second-order valence-corrected chi connectivity index (χ2v) is 8.36. The number of carboxylic acids is 1. The second-order valence-electron chi connectivity index (χ2n) is 6.42. The number of nitrogens with zero attached hydrogens (tertiary/aromatic N) is 1. The molecule has 0 radical (unpaired) electrons. The number of rotatable bonds is 6. The number of benzene rings is 1. The van der Waals surface area contributed by atoms with Gasteiger partial charge in [0, 0.05) is 31.6 Å². The molecule has 1 amide bonds. The molecular weight excluding hydrogens is 376 g/mol. The lowest BCUT2D eigenvalue weighted by Gasteiger charge is -2.30. The standard InChI is InChI=1S/C17H22N2O7S/c20-16(21)3-6-18-17(22)12-4-7-19(8-5-12)27(23,24)13-1-2-14-15(11-13)26-10-9-25-14/h1-2,11-12H,3-10H2,(H,18,22)(H,20,21). The Morgan fingerprint density at radius 1 is 1.15 bits per heavy atom. The Hall–Kier alpha value is -2.33. The fourth-order valence-electron chi connectivity index (χ4n) is 3.13. The molecule has 0 saturated carbocycles. The average Bonchev–Trinajstić information content (AvgIpc) is 2.67. The van der Waals surface area contributed by atoms with Crippen molar-refractivity contribution in [3.8, 4) is 11.5 Å². The van der Waals surface area contributed by atoms with E-state index in [4.69, 9.17) is 14.6 Å². The minimum absolute atomic E-state index is 0.0733. The van der Waals surface area contributed by atoms with E-state index in [0.29, 0.717) is 37.6 Å². The van der Waals surface area contributed by atoms with E-state index in [0.717, 1.165) is 0 Å². The van der Waals surface area contributed by atoms with Crippen molar-refractivity contribution in [1.29, 1.82) is 0 Å². The monoisotopic (exact) mass is 398 g/mol. The van der Waals surface area contributed by atoms with Crippen LogP contribution in [0.2, 0.25) is 0 Å². The summed E-state index contributed by atoms with van der Waals surface area (Å²) < 4.78 is 37.9. The number of carbonyl (C=O) groups excluding carboxylic acids is 1. The van der Waals surface area contributed by atoms with Gasteiger partial charge in [-0.25, -0.2) is 8.42 Å². The lowest BCUT2D eigenvalue weighted by molar-refractivity contribution is -0.137. The molecule has 0 aliphatic carbocycles. The highest BCUT2D eigenvalue weighted by Crippen LogP contribution is 2.34. The minimum atomic E-state index is -3.68. The topological polar surface area (TPSA) is 122 Å². The van der Waals surface area contributed by atoms with E-state index in [1.807, 2.05) is 0 Å². The van der Waals surface area contributed by atoms with Crippen molar-refractivity contribution in [3.05, 3.63) is 18.2 Å². The summed E-state index contributed by atoms with van der Waals surface area (Å²) in [5.74, 6) is -0.583. The van der Waals surface area contributed by atoms with Gasteiger partial charge in [-0.15, -0.1) is 0 Å². The van der Waals surface area contributed by atoms with Crippen molar-refractivity contribution < 1.29 is 32.6 Å². The van der Waals surface area contributed by atoms with Crippen molar-refractivity contribution in [3.63, 3.8) is 0 Å². The highest BCUT2D eigenvalue weighted by Gasteiger charge is 2.32. The number of hydrogen-bond acceptors (Lipinski definition) is 6. The quantitative estimate of drug-likeness (QED) is 0.713. The maximum absolute atomic E-state index is 12.9. The van der Waals surface area contributed by atoms with Gasteiger partial charge in [0.05, 0.1) is 11.3 Å². The van der Waals surface area contributed by atoms with E-state index in [2.05, 4.69) is 5.32 Å². The molecular formula is C17H22N2O7S. The number of nitrogens with one attached hydrogen (secondary N) is 1. The Morgan fingerprint density at radius 3 is 2.48 bits per heavy atom. The Labute approximate surface area is 157 Å². The molecule has 0 atom stereocenters. The zero-order valence-electron chi connectivity index (χ0n) is 14.7. The van der Waals surface area contributed by atoms with E-state index >= 15 is 0 Å². The van der Waals surface area contributed by atoms with Gasteiger partial charge in [0.2, 0.25) is 15.9 Å². The second kappa shape index (κ2) is 8.13. The van der Waals surface area contributed by atoms with E-state index in [-0.39, 0.29) is 42.8 Å². The van der Waals surface area contributed by atoms with Crippen molar-refractivity contribution >= 4 is 21.9 Å². The zero-order chi connectivity index (χ0) is 19.4. The molecule has 1 fully saturated rings. The van der Waals surface area contributed by atoms with Gasteiger partial charge in [0.1, 0.15) is 13.2 Å². The number of piperidine rings is 1. The summed E-state index contributed by atoms with van der Waals surface area (Å²) in [7, 11) is -3.68. The van der Waals surface area contributed by atoms with Crippen LogP contribution in [0.15, 0.2) is 23.1 Å². The SMILES string of the molecule is O=C(O)CCNC(=O)C1CCN(S(=O)(=O)c2ccc3c(c2)OCCO3)CC1. The summed E-state index contributed by atoms with van der Waals surface area (Å²) in [4.78, 5) is 22.7. The molecule has 27 heavy (non-hydrogen) atoms. The van der Waals surface area contributed by atoms with Gasteiger partial charge >= 0.3 is 5.97 Å². The predicted octanol–water partition coefficient (Wildman–Crippen LogP) is 0.449. The van der Waals surface area contributed by atoms with E-state index in [1.54, 1.807) is 6.07 Å². The molecule has 0 spiro atoms. The van der Waals surface area contributed by atoms with Gasteiger partial charge in [0.15, 0.2) is 11.5 Å². The molecule has 2 heterocycles. The molecule has 9 nitrogen and oxygen atoms in total. The highest BCUT2D eigenvalue weighted by atomic mass is 32.2. The van der Waals surface area contributed by atoms with Crippen LogP contribution in [-0.2, 0) is 19.6 Å². The molecule has 2 aliphatic rings. The summed E-state index contributed by atoms with van der Waals surface area (Å²) in [6.45, 7) is 1.34. The van der Waals surface area contributed by atoms with Crippen LogP contribution < -0.4 is 14.8 Å². The summed E-state index contributed by atoms with van der Waals surface area (Å²) in [6.07, 6.45) is 0.647. The summed E-state index contributed by atoms with van der Waals surface area (Å²) >= 11 is 0. The number of fused-ring (bicyclic) bond motifs is 1. The number of carbonyl (C=O) groups is 2. The third kappa shape index (κ3) is 4.51. The fourth-order valence-corrected chi connectivity index (χ4v) is 4.61. The van der Waals surface area contributed by atoms with Crippen LogP contribution in [0, 0.1) is 5.92 Å². The van der Waals surface area contributed by atoms with Crippen molar-refractivity contribution in [2.24, 2.45) is 5.92 Å². The Morgan fingerprint density at radius 2 is 1.81 bits per heavy atom. The number of ether oxygens (including phenoxy) is 2. The van der Waals surface area contributed by atoms with Crippen molar-refractivity contribution in [1.82, 2.24) is 9.62 Å². The first-order chi connectivity index (χ1) is 12.9. The first kappa shape index (κ1) is 19.4. The normalized spacial score (nSPS) is 18.1. The van der Waals surface area contributed by atoms with Gasteiger partial charge in [-0.3, -0.25) is 9.59 Å². The lowest BCUT2D eigenvalue weighted by atomic mass is 9.97. The minimum Gasteiger partial charge on any atom is -0.486 e. The molecule has 1 aromatic carbocycles. The molecule has 3 rings (SSSR count). The van der Waals surface area contributed by atoms with Crippen LogP contribution in [0.5, 0.6) is 11.5 Å². The Kier molecular flexibility index (Phi) is 5.85. The van der Waals surface area contributed by atoms with E-state index in [9.17, 15) is 18.0 Å². The smallest absolute Gasteiger partial charge is 0.305 e. The van der Waals surface area contributed by atoms with Gasteiger partial charge in [-0.05, 0) is 25.0 Å². The van der Waals surface area contributed by atoms with Crippen LogP contribution in [0.4, 0.5) is 0 Å². The van der Waals surface area contributed by atoms with Crippen LogP contribution in [0.3, 0.4) is 0 Å². The average molecular weight is 398 g/mol. The van der Waals surface area contributed by atoms with Gasteiger partial charge in [0.25, 0.3) is 0 Å².